The number of aromatic nitrogens is 1. The van der Waals surface area contributed by atoms with Gasteiger partial charge >= 0.3 is 0 Å². The van der Waals surface area contributed by atoms with E-state index in [0.29, 0.717) is 23.3 Å². The number of hydrogen-bond acceptors (Lipinski definition) is 6. The lowest BCUT2D eigenvalue weighted by molar-refractivity contribution is -0.139. The molecule has 37 heavy (non-hydrogen) atoms. The highest BCUT2D eigenvalue weighted by Crippen LogP contribution is 2.42. The zero-order chi connectivity index (χ0) is 26.1. The minimum atomic E-state index is -0.873. The Balaban J connectivity index is 1.58. The summed E-state index contributed by atoms with van der Waals surface area (Å²) in [5, 5.41) is 22.4. The molecule has 1 aliphatic heterocycles. The number of hydrogen-bond donors (Lipinski definition) is 3. The Kier molecular flexibility index (Phi) is 6.31. The summed E-state index contributed by atoms with van der Waals surface area (Å²) in [7, 11) is 2.95. The molecule has 1 amide bonds. The molecule has 4 aromatic rings. The van der Waals surface area contributed by atoms with Crippen molar-refractivity contribution in [2.75, 3.05) is 20.8 Å². The van der Waals surface area contributed by atoms with E-state index in [4.69, 9.17) is 9.47 Å². The van der Waals surface area contributed by atoms with Gasteiger partial charge in [-0.25, -0.2) is 0 Å². The molecule has 3 aromatic carbocycles. The molecule has 8 heteroatoms. The fourth-order valence-corrected chi connectivity index (χ4v) is 4.81. The van der Waals surface area contributed by atoms with Gasteiger partial charge in [0.2, 0.25) is 0 Å². The van der Waals surface area contributed by atoms with Crippen molar-refractivity contribution in [1.82, 2.24) is 9.88 Å². The molecule has 1 atom stereocenters. The van der Waals surface area contributed by atoms with Gasteiger partial charge in [0.25, 0.3) is 11.7 Å². The van der Waals surface area contributed by atoms with Crippen LogP contribution in [0.1, 0.15) is 22.7 Å². The highest BCUT2D eigenvalue weighted by atomic mass is 16.5. The number of nitrogens with one attached hydrogen (secondary N) is 1. The Labute approximate surface area is 213 Å². The third kappa shape index (κ3) is 4.27. The predicted molar refractivity (Wildman–Crippen MR) is 139 cm³/mol. The number of benzene rings is 3. The normalized spacial score (nSPS) is 16.9. The fraction of sp³-hybridized carbons (Fsp3) is 0.172. The maximum Gasteiger partial charge on any atom is 0.295 e. The lowest BCUT2D eigenvalue weighted by Gasteiger charge is -2.25. The summed E-state index contributed by atoms with van der Waals surface area (Å²) in [6.07, 6.45) is 2.39. The first-order valence-electron chi connectivity index (χ1n) is 11.8. The van der Waals surface area contributed by atoms with Crippen LogP contribution in [-0.4, -0.2) is 52.6 Å². The number of rotatable bonds is 7. The van der Waals surface area contributed by atoms with Crippen LogP contribution < -0.4 is 9.47 Å². The van der Waals surface area contributed by atoms with Gasteiger partial charge in [-0.1, -0.05) is 24.3 Å². The van der Waals surface area contributed by atoms with Crippen molar-refractivity contribution < 1.29 is 29.3 Å². The molecule has 0 radical (unpaired) electrons. The largest absolute Gasteiger partial charge is 0.507 e. The van der Waals surface area contributed by atoms with Crippen LogP contribution in [0.5, 0.6) is 17.2 Å². The van der Waals surface area contributed by atoms with Gasteiger partial charge < -0.3 is 29.6 Å². The summed E-state index contributed by atoms with van der Waals surface area (Å²) in [6.45, 7) is 0.236. The number of carbonyl (C=O) groups excluding carboxylic acids is 2. The van der Waals surface area contributed by atoms with Gasteiger partial charge in [-0.2, -0.15) is 0 Å². The molecule has 1 aliphatic rings. The van der Waals surface area contributed by atoms with Crippen molar-refractivity contribution in [2.24, 2.45) is 0 Å². The average molecular weight is 499 g/mol. The number of aromatic hydroxyl groups is 1. The first-order valence-corrected chi connectivity index (χ1v) is 11.8. The summed E-state index contributed by atoms with van der Waals surface area (Å²) in [6, 6.07) is 18.2. The summed E-state index contributed by atoms with van der Waals surface area (Å²) < 4.78 is 10.5. The summed E-state index contributed by atoms with van der Waals surface area (Å²) in [5.41, 5.74) is 2.88. The van der Waals surface area contributed by atoms with Crippen LogP contribution in [0, 0.1) is 0 Å². The molecule has 0 saturated carbocycles. The maximum absolute atomic E-state index is 13.3. The molecule has 1 saturated heterocycles. The summed E-state index contributed by atoms with van der Waals surface area (Å²) in [5.74, 6) is -1.04. The van der Waals surface area contributed by atoms with Crippen LogP contribution in [0.3, 0.4) is 0 Å². The Morgan fingerprint density at radius 1 is 1.00 bits per heavy atom. The number of nitrogens with zero attached hydrogens (tertiary/aromatic N) is 1. The zero-order valence-corrected chi connectivity index (χ0v) is 20.4. The van der Waals surface area contributed by atoms with Crippen LogP contribution in [-0.2, 0) is 16.0 Å². The van der Waals surface area contributed by atoms with Crippen molar-refractivity contribution in [3.8, 4) is 17.2 Å². The van der Waals surface area contributed by atoms with Crippen molar-refractivity contribution in [2.45, 2.75) is 12.5 Å². The number of para-hydroxylation sites is 1. The highest BCUT2D eigenvalue weighted by Gasteiger charge is 2.46. The van der Waals surface area contributed by atoms with Crippen LogP contribution in [0.2, 0.25) is 0 Å². The number of ketones is 1. The minimum absolute atomic E-state index is 0.0261. The number of likely N-dealkylation sites (tertiary alicyclic amines) is 1. The number of Topliss-reactive ketones (excluding diaryl/α,β-unsaturated/α-hetero) is 1. The minimum Gasteiger partial charge on any atom is -0.507 e. The van der Waals surface area contributed by atoms with E-state index < -0.39 is 17.7 Å². The van der Waals surface area contributed by atoms with Gasteiger partial charge in [0.15, 0.2) is 11.5 Å². The second-order valence-electron chi connectivity index (χ2n) is 8.76. The molecule has 0 unspecified atom stereocenters. The first-order chi connectivity index (χ1) is 17.9. The van der Waals surface area contributed by atoms with E-state index in [1.54, 1.807) is 36.4 Å². The van der Waals surface area contributed by atoms with E-state index in [1.165, 1.54) is 25.2 Å². The van der Waals surface area contributed by atoms with E-state index in [2.05, 4.69) is 4.98 Å². The number of carbonyl (C=O) groups is 2. The number of H-pyrrole nitrogens is 1. The average Bonchev–Trinajstić information content (AvgIpc) is 3.45. The van der Waals surface area contributed by atoms with Crippen molar-refractivity contribution in [3.63, 3.8) is 0 Å². The Morgan fingerprint density at radius 3 is 2.49 bits per heavy atom. The number of ether oxygens (including phenoxy) is 2. The monoisotopic (exact) mass is 498 g/mol. The molecule has 1 fully saturated rings. The maximum atomic E-state index is 13.3. The molecule has 0 bridgehead atoms. The van der Waals surface area contributed by atoms with Crippen LogP contribution in [0.4, 0.5) is 0 Å². The number of fused-ring (bicyclic) bond motifs is 1. The van der Waals surface area contributed by atoms with Crippen LogP contribution in [0.25, 0.3) is 16.7 Å². The van der Waals surface area contributed by atoms with E-state index >= 15 is 0 Å². The van der Waals surface area contributed by atoms with Gasteiger partial charge in [0.1, 0.15) is 11.5 Å². The van der Waals surface area contributed by atoms with Gasteiger partial charge in [0.05, 0.1) is 25.8 Å². The van der Waals surface area contributed by atoms with Crippen LogP contribution >= 0.6 is 0 Å². The Hall–Kier alpha value is -4.72. The molecule has 2 heterocycles. The number of methoxy groups -OCH3 is 2. The van der Waals surface area contributed by atoms with E-state index in [1.807, 2.05) is 30.5 Å². The van der Waals surface area contributed by atoms with Crippen LogP contribution in [0.15, 0.2) is 78.5 Å². The van der Waals surface area contributed by atoms with Gasteiger partial charge in [-0.05, 0) is 60.0 Å². The highest BCUT2D eigenvalue weighted by molar-refractivity contribution is 6.46. The Bertz CT molecular complexity index is 1520. The molecular weight excluding hydrogens is 472 g/mol. The van der Waals surface area contributed by atoms with E-state index in [-0.39, 0.29) is 29.4 Å². The molecule has 0 aliphatic carbocycles. The van der Waals surface area contributed by atoms with Crippen molar-refractivity contribution in [1.29, 1.82) is 0 Å². The number of phenolic OH excluding ortho intramolecular Hbond substituents is 1. The fourth-order valence-electron chi connectivity index (χ4n) is 4.81. The standard InChI is InChI=1S/C29H26N2O6/c1-36-20-10-7-17(8-11-20)27(33)25-26(18-9-12-23(32)24(15-18)37-2)31(29(35)28(25)34)14-13-19-16-30-22-6-4-3-5-21(19)22/h3-12,15-16,26,30,32-33H,13-14H2,1-2H3/t26-/m1/s1. The van der Waals surface area contributed by atoms with E-state index in [0.717, 1.165) is 16.5 Å². The molecule has 5 rings (SSSR count). The summed E-state index contributed by atoms with van der Waals surface area (Å²) >= 11 is 0. The number of aliphatic hydroxyl groups excluding tert-OH is 1. The number of aliphatic hydroxyl groups is 1. The zero-order valence-electron chi connectivity index (χ0n) is 20.4. The van der Waals surface area contributed by atoms with Gasteiger partial charge in [0, 0.05) is 29.2 Å². The van der Waals surface area contributed by atoms with E-state index in [9.17, 15) is 19.8 Å². The van der Waals surface area contributed by atoms with Crippen molar-refractivity contribution >= 4 is 28.4 Å². The number of amides is 1. The third-order valence-electron chi connectivity index (χ3n) is 6.72. The second kappa shape index (κ2) is 9.73. The molecule has 1 aromatic heterocycles. The molecule has 188 valence electrons. The molecule has 8 nitrogen and oxygen atoms in total. The third-order valence-corrected chi connectivity index (χ3v) is 6.72. The molecular formula is C29H26N2O6. The first kappa shape index (κ1) is 24.0. The van der Waals surface area contributed by atoms with Gasteiger partial charge in [-0.15, -0.1) is 0 Å². The topological polar surface area (TPSA) is 112 Å². The number of aromatic amines is 1. The number of phenols is 1. The predicted octanol–water partition coefficient (Wildman–Crippen LogP) is 4.56. The molecule has 3 N–H and O–H groups in total. The van der Waals surface area contributed by atoms with Crippen molar-refractivity contribution in [3.05, 3.63) is 95.2 Å². The quantitative estimate of drug-likeness (QED) is 0.196. The Morgan fingerprint density at radius 2 is 1.76 bits per heavy atom. The SMILES string of the molecule is COc1ccc(C(O)=C2C(=O)C(=O)N(CCc3c[nH]c4ccccc34)[C@@H]2c2ccc(O)c(OC)c2)cc1. The lowest BCUT2D eigenvalue weighted by Crippen LogP contribution is -2.31. The second-order valence-corrected chi connectivity index (χ2v) is 8.76. The summed E-state index contributed by atoms with van der Waals surface area (Å²) in [4.78, 5) is 31.3. The smallest absolute Gasteiger partial charge is 0.295 e. The van der Waals surface area contributed by atoms with Gasteiger partial charge in [-0.3, -0.25) is 9.59 Å². The lowest BCUT2D eigenvalue weighted by atomic mass is 9.94. The molecule has 0 spiro atoms.